The smallest absolute Gasteiger partial charge is 0.247 e. The van der Waals surface area contributed by atoms with Crippen LogP contribution < -0.4 is 10.2 Å². The zero-order valence-corrected chi connectivity index (χ0v) is 20.5. The molecule has 1 N–H and O–H groups in total. The Bertz CT molecular complexity index is 1080. The van der Waals surface area contributed by atoms with Gasteiger partial charge in [0.1, 0.15) is 23.7 Å². The van der Waals surface area contributed by atoms with E-state index in [2.05, 4.69) is 34.8 Å². The third kappa shape index (κ3) is 4.79. The van der Waals surface area contributed by atoms with Gasteiger partial charge < -0.3 is 14.6 Å². The maximum absolute atomic E-state index is 13.8. The van der Waals surface area contributed by atoms with Crippen molar-refractivity contribution in [2.45, 2.75) is 76.2 Å². The molecule has 5 rings (SSSR count). The first kappa shape index (κ1) is 23.8. The molecule has 2 aromatic rings. The van der Waals surface area contributed by atoms with Crippen LogP contribution >= 0.6 is 0 Å². The fraction of sp³-hybridized carbons (Fsp3) is 0.536. The number of rotatable bonds is 6. The molecule has 1 saturated heterocycles. The second-order valence-corrected chi connectivity index (χ2v) is 10.2. The van der Waals surface area contributed by atoms with E-state index >= 15 is 0 Å². The lowest BCUT2D eigenvalue weighted by Gasteiger charge is -2.34. The van der Waals surface area contributed by atoms with Crippen LogP contribution in [0.5, 0.6) is 0 Å². The van der Waals surface area contributed by atoms with Gasteiger partial charge in [-0.25, -0.2) is 0 Å². The molecule has 1 unspecified atom stereocenters. The van der Waals surface area contributed by atoms with E-state index in [1.165, 1.54) is 36.0 Å². The lowest BCUT2D eigenvalue weighted by atomic mass is 9.76. The Balaban J connectivity index is 1.41. The molecule has 1 aliphatic heterocycles. The monoisotopic (exact) mass is 477 g/mol. The predicted molar refractivity (Wildman–Crippen MR) is 135 cm³/mol. The molecule has 0 radical (unpaired) electrons. The number of nitrogens with one attached hydrogen (secondary N) is 1. The maximum Gasteiger partial charge on any atom is 0.247 e. The molecule has 1 aromatic heterocycles. The first-order valence-corrected chi connectivity index (χ1v) is 13.0. The van der Waals surface area contributed by atoms with Crippen LogP contribution in [-0.2, 0) is 19.7 Å². The largest absolute Gasteiger partial charge is 0.381 e. The van der Waals surface area contributed by atoms with Crippen LogP contribution in [0.1, 0.15) is 74.6 Å². The van der Waals surface area contributed by atoms with Crippen molar-refractivity contribution in [1.29, 1.82) is 0 Å². The fourth-order valence-corrected chi connectivity index (χ4v) is 6.14. The number of anilines is 2. The number of aromatic nitrogens is 1. The SMILES string of the molecule is Cc1nocc1N(C=O)C(C(=O)Nc1ccc2c(c1)C=CC21CCOCC1)C1CCCCCCC1. The number of carbonyl (C=O) groups excluding carboxylic acids is 2. The second-order valence-electron chi connectivity index (χ2n) is 10.2. The van der Waals surface area contributed by atoms with Crippen molar-refractivity contribution in [1.82, 2.24) is 5.16 Å². The molecular weight excluding hydrogens is 442 g/mol. The lowest BCUT2D eigenvalue weighted by molar-refractivity contribution is -0.120. The number of fused-ring (bicyclic) bond motifs is 2. The molecule has 7 heteroatoms. The molecular formula is C28H35N3O4. The summed E-state index contributed by atoms with van der Waals surface area (Å²) in [7, 11) is 0. The van der Waals surface area contributed by atoms with Crippen LogP contribution in [0.4, 0.5) is 11.4 Å². The van der Waals surface area contributed by atoms with E-state index in [4.69, 9.17) is 9.26 Å². The number of ether oxygens (including phenoxy) is 1. The topological polar surface area (TPSA) is 84.7 Å². The standard InChI is InChI=1S/C28H35N3O4/c1-20-25(18-35-30-20)31(19-32)26(21-7-5-3-2-4-6-8-21)27(33)29-23-9-10-24-22(17-23)11-12-28(24)13-15-34-16-14-28/h9-12,17-19,21,26H,2-8,13-16H2,1H3,(H,29,33). The number of nitrogens with zero attached hydrogens (tertiary/aromatic N) is 2. The van der Waals surface area contributed by atoms with Crippen molar-refractivity contribution in [3.63, 3.8) is 0 Å². The minimum absolute atomic E-state index is 0.0532. The van der Waals surface area contributed by atoms with Crippen LogP contribution in [0.25, 0.3) is 6.08 Å². The number of benzene rings is 1. The average Bonchev–Trinajstić information content (AvgIpc) is 3.42. The first-order chi connectivity index (χ1) is 17.1. The van der Waals surface area contributed by atoms with E-state index in [9.17, 15) is 9.59 Å². The van der Waals surface area contributed by atoms with Crippen molar-refractivity contribution >= 4 is 29.8 Å². The number of aryl methyl sites for hydroxylation is 1. The van der Waals surface area contributed by atoms with Gasteiger partial charge >= 0.3 is 0 Å². The summed E-state index contributed by atoms with van der Waals surface area (Å²) in [5.41, 5.74) is 4.42. The van der Waals surface area contributed by atoms with E-state index in [0.717, 1.165) is 69.4 Å². The second kappa shape index (κ2) is 10.4. The Morgan fingerprint density at radius 2 is 1.91 bits per heavy atom. The van der Waals surface area contributed by atoms with Gasteiger partial charge in [-0.05, 0) is 61.8 Å². The minimum Gasteiger partial charge on any atom is -0.381 e. The highest BCUT2D eigenvalue weighted by molar-refractivity contribution is 6.01. The molecule has 2 fully saturated rings. The number of hydrogen-bond donors (Lipinski definition) is 1. The highest BCUT2D eigenvalue weighted by Crippen LogP contribution is 2.44. The average molecular weight is 478 g/mol. The summed E-state index contributed by atoms with van der Waals surface area (Å²) in [5.74, 6) is -0.0828. The molecule has 7 nitrogen and oxygen atoms in total. The van der Waals surface area contributed by atoms with Crippen LogP contribution in [0.2, 0.25) is 0 Å². The summed E-state index contributed by atoms with van der Waals surface area (Å²) in [4.78, 5) is 27.7. The van der Waals surface area contributed by atoms with Crippen molar-refractivity contribution in [3.8, 4) is 0 Å². The van der Waals surface area contributed by atoms with Gasteiger partial charge in [-0.2, -0.15) is 0 Å². The van der Waals surface area contributed by atoms with E-state index in [1.807, 2.05) is 6.07 Å². The van der Waals surface area contributed by atoms with Gasteiger partial charge in [0.15, 0.2) is 0 Å². The summed E-state index contributed by atoms with van der Waals surface area (Å²) in [5, 5.41) is 7.09. The van der Waals surface area contributed by atoms with Crippen LogP contribution in [0, 0.1) is 12.8 Å². The zero-order valence-electron chi connectivity index (χ0n) is 20.5. The van der Waals surface area contributed by atoms with Crippen LogP contribution in [0.15, 0.2) is 35.1 Å². The van der Waals surface area contributed by atoms with Gasteiger partial charge in [-0.1, -0.05) is 55.5 Å². The first-order valence-electron chi connectivity index (χ1n) is 13.0. The van der Waals surface area contributed by atoms with Crippen molar-refractivity contribution in [3.05, 3.63) is 47.4 Å². The number of amides is 2. The van der Waals surface area contributed by atoms with Gasteiger partial charge in [0.25, 0.3) is 0 Å². The molecule has 3 aliphatic rings. The van der Waals surface area contributed by atoms with Gasteiger partial charge in [0, 0.05) is 24.3 Å². The normalized spacial score (nSPS) is 20.6. The molecule has 2 heterocycles. The molecule has 35 heavy (non-hydrogen) atoms. The van der Waals surface area contributed by atoms with E-state index < -0.39 is 6.04 Å². The van der Waals surface area contributed by atoms with Crippen molar-refractivity contribution < 1.29 is 18.8 Å². The molecule has 2 amide bonds. The van der Waals surface area contributed by atoms with Crippen LogP contribution in [0.3, 0.4) is 0 Å². The Morgan fingerprint density at radius 1 is 1.17 bits per heavy atom. The van der Waals surface area contributed by atoms with Gasteiger partial charge in [0.2, 0.25) is 12.3 Å². The van der Waals surface area contributed by atoms with Gasteiger partial charge in [-0.3, -0.25) is 14.5 Å². The zero-order chi connectivity index (χ0) is 24.3. The third-order valence-electron chi connectivity index (χ3n) is 8.10. The Labute approximate surface area is 206 Å². The Kier molecular flexibility index (Phi) is 7.04. The Morgan fingerprint density at radius 3 is 2.60 bits per heavy atom. The summed E-state index contributed by atoms with van der Waals surface area (Å²) in [6.07, 6.45) is 16.2. The fourth-order valence-electron chi connectivity index (χ4n) is 6.14. The summed E-state index contributed by atoms with van der Waals surface area (Å²) < 4.78 is 10.7. The van der Waals surface area contributed by atoms with Crippen molar-refractivity contribution in [2.24, 2.45) is 5.92 Å². The highest BCUT2D eigenvalue weighted by Gasteiger charge is 2.38. The number of hydrogen-bond acceptors (Lipinski definition) is 5. The molecule has 1 saturated carbocycles. The van der Waals surface area contributed by atoms with E-state index in [-0.39, 0.29) is 17.2 Å². The quantitative estimate of drug-likeness (QED) is 0.564. The predicted octanol–water partition coefficient (Wildman–Crippen LogP) is 5.39. The van der Waals surface area contributed by atoms with Crippen LogP contribution in [-0.4, -0.2) is 36.7 Å². The molecule has 1 spiro atoms. The molecule has 1 atom stereocenters. The molecule has 2 aliphatic carbocycles. The Hall–Kier alpha value is -2.93. The summed E-state index contributed by atoms with van der Waals surface area (Å²) in [6.45, 7) is 3.34. The number of allylic oxidation sites excluding steroid dienone is 1. The van der Waals surface area contributed by atoms with Gasteiger partial charge in [-0.15, -0.1) is 0 Å². The third-order valence-corrected chi connectivity index (χ3v) is 8.10. The highest BCUT2D eigenvalue weighted by atomic mass is 16.5. The van der Waals surface area contributed by atoms with E-state index in [1.54, 1.807) is 6.92 Å². The summed E-state index contributed by atoms with van der Waals surface area (Å²) in [6, 6.07) is 5.57. The molecule has 0 bridgehead atoms. The van der Waals surface area contributed by atoms with Gasteiger partial charge in [0.05, 0.1) is 0 Å². The summed E-state index contributed by atoms with van der Waals surface area (Å²) >= 11 is 0. The molecule has 1 aromatic carbocycles. The van der Waals surface area contributed by atoms with Crippen molar-refractivity contribution in [2.75, 3.05) is 23.4 Å². The van der Waals surface area contributed by atoms with E-state index in [0.29, 0.717) is 11.4 Å². The minimum atomic E-state index is -0.616. The maximum atomic E-state index is 13.8. The molecule has 186 valence electrons. The number of carbonyl (C=O) groups is 2. The lowest BCUT2D eigenvalue weighted by Crippen LogP contribution is -2.49.